The van der Waals surface area contributed by atoms with Crippen LogP contribution in [-0.4, -0.2) is 29.6 Å². The third-order valence-electron chi connectivity index (χ3n) is 3.92. The Bertz CT molecular complexity index is 859. The highest BCUT2D eigenvalue weighted by Gasteiger charge is 2.41. The van der Waals surface area contributed by atoms with Gasteiger partial charge in [-0.15, -0.1) is 0 Å². The molecule has 1 aromatic heterocycles. The maximum atomic E-state index is 12.9. The number of nitrogens with one attached hydrogen (secondary N) is 1. The first-order valence-electron chi connectivity index (χ1n) is 8.13. The third kappa shape index (κ3) is 4.57. The van der Waals surface area contributed by atoms with Crippen molar-refractivity contribution in [3.05, 3.63) is 47.2 Å². The number of hydrogen-bond donors (Lipinski definition) is 2. The van der Waals surface area contributed by atoms with Crippen molar-refractivity contribution in [1.29, 1.82) is 0 Å². The van der Waals surface area contributed by atoms with E-state index in [0.29, 0.717) is 12.3 Å². The van der Waals surface area contributed by atoms with E-state index in [2.05, 4.69) is 19.7 Å². The number of amidine groups is 1. The first kappa shape index (κ1) is 18.7. The van der Waals surface area contributed by atoms with Crippen LogP contribution in [0.15, 0.2) is 33.7 Å². The maximum absolute atomic E-state index is 12.9. The van der Waals surface area contributed by atoms with Crippen LogP contribution in [0.2, 0.25) is 0 Å². The molecule has 0 aliphatic carbocycles. The summed E-state index contributed by atoms with van der Waals surface area (Å²) in [6, 6.07) is 6.97. The van der Waals surface area contributed by atoms with Gasteiger partial charge in [-0.2, -0.15) is 13.2 Å². The SMILES string of the molecule is Cc1nc(C(=O)Nc2ccc(CCC3COC(N)=N3)cc2)c(C(F)(F)F)o1. The monoisotopic (exact) mass is 382 g/mol. The second-order valence-electron chi connectivity index (χ2n) is 6.03. The molecule has 1 atom stereocenters. The second-order valence-corrected chi connectivity index (χ2v) is 6.03. The number of oxazole rings is 1. The zero-order valence-corrected chi connectivity index (χ0v) is 14.3. The fourth-order valence-corrected chi connectivity index (χ4v) is 2.64. The summed E-state index contributed by atoms with van der Waals surface area (Å²) in [7, 11) is 0. The maximum Gasteiger partial charge on any atom is 0.452 e. The smallest absolute Gasteiger partial charge is 0.452 e. The number of carbonyl (C=O) groups is 1. The number of alkyl halides is 3. The molecule has 1 aromatic carbocycles. The van der Waals surface area contributed by atoms with E-state index in [9.17, 15) is 18.0 Å². The van der Waals surface area contributed by atoms with Gasteiger partial charge in [-0.1, -0.05) is 12.1 Å². The Balaban J connectivity index is 1.62. The minimum absolute atomic E-state index is 0.0144. The Kier molecular flexibility index (Phi) is 5.06. The standard InChI is InChI=1S/C17H17F3N4O3/c1-9-22-13(14(27-9)17(18,19)20)15(25)23-11-5-2-10(3-6-11)4-7-12-8-26-16(21)24-12/h2-3,5-6,12H,4,7-8H2,1H3,(H2,21,24)(H,23,25). The number of anilines is 1. The van der Waals surface area contributed by atoms with Crippen LogP contribution in [0.3, 0.4) is 0 Å². The Morgan fingerprint density at radius 3 is 2.63 bits per heavy atom. The molecule has 1 unspecified atom stereocenters. The average Bonchev–Trinajstić information content (AvgIpc) is 3.19. The Hall–Kier alpha value is -3.04. The van der Waals surface area contributed by atoms with Crippen molar-refractivity contribution >= 4 is 17.6 Å². The molecule has 1 aliphatic heterocycles. The summed E-state index contributed by atoms with van der Waals surface area (Å²) in [6.45, 7) is 1.70. The summed E-state index contributed by atoms with van der Waals surface area (Å²) in [6.07, 6.45) is -3.33. The number of nitrogens with two attached hydrogens (primary N) is 1. The predicted octanol–water partition coefficient (Wildman–Crippen LogP) is 2.90. The number of hydrogen-bond acceptors (Lipinski definition) is 6. The lowest BCUT2D eigenvalue weighted by Gasteiger charge is -2.08. The molecule has 0 radical (unpaired) electrons. The number of carbonyl (C=O) groups excluding carboxylic acids is 1. The van der Waals surface area contributed by atoms with Crippen LogP contribution in [0.4, 0.5) is 18.9 Å². The van der Waals surface area contributed by atoms with Crippen LogP contribution in [0, 0.1) is 6.92 Å². The zero-order valence-electron chi connectivity index (χ0n) is 14.3. The van der Waals surface area contributed by atoms with Crippen LogP contribution in [0.5, 0.6) is 0 Å². The molecular formula is C17H17F3N4O3. The number of aliphatic imine (C=N–C) groups is 1. The first-order valence-corrected chi connectivity index (χ1v) is 8.13. The van der Waals surface area contributed by atoms with E-state index in [0.717, 1.165) is 18.4 Å². The largest absolute Gasteiger partial charge is 0.463 e. The van der Waals surface area contributed by atoms with Gasteiger partial charge in [0.2, 0.25) is 5.76 Å². The normalized spacial score (nSPS) is 16.7. The highest BCUT2D eigenvalue weighted by molar-refractivity contribution is 6.03. The Morgan fingerprint density at radius 1 is 1.33 bits per heavy atom. The Labute approximate surface area is 152 Å². The molecule has 0 saturated carbocycles. The van der Waals surface area contributed by atoms with Gasteiger partial charge in [0.1, 0.15) is 6.61 Å². The number of aryl methyl sites for hydroxylation is 2. The first-order chi connectivity index (χ1) is 12.7. The topological polar surface area (TPSA) is 103 Å². The molecule has 27 heavy (non-hydrogen) atoms. The van der Waals surface area contributed by atoms with E-state index in [4.69, 9.17) is 10.5 Å². The van der Waals surface area contributed by atoms with E-state index >= 15 is 0 Å². The lowest BCUT2D eigenvalue weighted by atomic mass is 10.1. The van der Waals surface area contributed by atoms with Crippen molar-refractivity contribution in [3.8, 4) is 0 Å². The van der Waals surface area contributed by atoms with E-state index in [1.54, 1.807) is 24.3 Å². The van der Waals surface area contributed by atoms with Gasteiger partial charge >= 0.3 is 6.18 Å². The highest BCUT2D eigenvalue weighted by atomic mass is 19.4. The number of rotatable bonds is 5. The molecule has 144 valence electrons. The van der Waals surface area contributed by atoms with Crippen LogP contribution in [0.1, 0.15) is 34.1 Å². The summed E-state index contributed by atoms with van der Waals surface area (Å²) < 4.78 is 48.3. The van der Waals surface area contributed by atoms with E-state index in [-0.39, 0.29) is 18.0 Å². The molecule has 1 amide bonds. The van der Waals surface area contributed by atoms with Gasteiger partial charge in [0.05, 0.1) is 6.04 Å². The summed E-state index contributed by atoms with van der Waals surface area (Å²) in [5, 5.41) is 2.39. The van der Waals surface area contributed by atoms with Crippen LogP contribution in [-0.2, 0) is 17.3 Å². The predicted molar refractivity (Wildman–Crippen MR) is 90.3 cm³/mol. The Morgan fingerprint density at radius 2 is 2.04 bits per heavy atom. The van der Waals surface area contributed by atoms with Gasteiger partial charge in [-0.3, -0.25) is 4.79 Å². The number of benzene rings is 1. The fraction of sp³-hybridized carbons (Fsp3) is 0.353. The van der Waals surface area contributed by atoms with E-state index in [1.165, 1.54) is 6.92 Å². The fourth-order valence-electron chi connectivity index (χ4n) is 2.64. The van der Waals surface area contributed by atoms with E-state index < -0.39 is 23.5 Å². The van der Waals surface area contributed by atoms with Gasteiger partial charge < -0.3 is 20.2 Å². The van der Waals surface area contributed by atoms with E-state index in [1.807, 2.05) is 0 Å². The summed E-state index contributed by atoms with van der Waals surface area (Å²) >= 11 is 0. The molecule has 3 rings (SSSR count). The number of nitrogens with zero attached hydrogens (tertiary/aromatic N) is 2. The molecule has 1 aliphatic rings. The minimum Gasteiger partial charge on any atom is -0.463 e. The molecule has 2 heterocycles. The molecule has 0 bridgehead atoms. The van der Waals surface area contributed by atoms with Crippen molar-refractivity contribution in [2.75, 3.05) is 11.9 Å². The van der Waals surface area contributed by atoms with Crippen molar-refractivity contribution < 1.29 is 27.1 Å². The van der Waals surface area contributed by atoms with Crippen LogP contribution >= 0.6 is 0 Å². The van der Waals surface area contributed by atoms with Crippen molar-refractivity contribution in [3.63, 3.8) is 0 Å². The molecule has 0 saturated heterocycles. The molecule has 10 heteroatoms. The number of halogens is 3. The lowest BCUT2D eigenvalue weighted by Crippen LogP contribution is -2.18. The molecule has 0 spiro atoms. The van der Waals surface area contributed by atoms with Crippen molar-refractivity contribution in [2.45, 2.75) is 32.0 Å². The molecular weight excluding hydrogens is 365 g/mol. The lowest BCUT2D eigenvalue weighted by molar-refractivity contribution is -0.153. The van der Waals surface area contributed by atoms with Crippen LogP contribution in [0.25, 0.3) is 0 Å². The van der Waals surface area contributed by atoms with Crippen molar-refractivity contribution in [2.24, 2.45) is 10.7 Å². The molecule has 0 fully saturated rings. The van der Waals surface area contributed by atoms with Gasteiger partial charge in [-0.25, -0.2) is 9.98 Å². The molecule has 7 nitrogen and oxygen atoms in total. The van der Waals surface area contributed by atoms with Gasteiger partial charge in [0.15, 0.2) is 11.6 Å². The quantitative estimate of drug-likeness (QED) is 0.828. The third-order valence-corrected chi connectivity index (χ3v) is 3.92. The number of ether oxygens (including phenoxy) is 1. The second kappa shape index (κ2) is 7.29. The number of amides is 1. The average molecular weight is 382 g/mol. The molecule has 2 aromatic rings. The summed E-state index contributed by atoms with van der Waals surface area (Å²) in [5.74, 6) is -2.63. The van der Waals surface area contributed by atoms with Gasteiger partial charge in [0.25, 0.3) is 11.9 Å². The van der Waals surface area contributed by atoms with Gasteiger partial charge in [-0.05, 0) is 30.5 Å². The highest BCUT2D eigenvalue weighted by Crippen LogP contribution is 2.33. The summed E-state index contributed by atoms with van der Waals surface area (Å²) in [4.78, 5) is 19.8. The summed E-state index contributed by atoms with van der Waals surface area (Å²) in [5.41, 5.74) is 6.00. The van der Waals surface area contributed by atoms with Gasteiger partial charge in [0, 0.05) is 12.6 Å². The van der Waals surface area contributed by atoms with Crippen LogP contribution < -0.4 is 11.1 Å². The van der Waals surface area contributed by atoms with Crippen molar-refractivity contribution in [1.82, 2.24) is 4.98 Å². The molecule has 3 N–H and O–H groups in total. The zero-order chi connectivity index (χ0) is 19.6. The minimum atomic E-state index is -4.80. The number of aromatic nitrogens is 1.